The van der Waals surface area contributed by atoms with E-state index in [1.165, 1.54) is 0 Å². The number of rotatable bonds is 4. The van der Waals surface area contributed by atoms with Crippen molar-refractivity contribution in [3.8, 4) is 0 Å². The summed E-state index contributed by atoms with van der Waals surface area (Å²) in [7, 11) is 0. The Kier molecular flexibility index (Phi) is 4.66. The molecule has 1 nitrogen and oxygen atoms in total. The monoisotopic (exact) mass is 184 g/mol. The molecule has 0 N–H and O–H groups in total. The predicted molar refractivity (Wildman–Crippen MR) is 57.7 cm³/mol. The van der Waals surface area contributed by atoms with Gasteiger partial charge in [-0.05, 0) is 12.3 Å². The van der Waals surface area contributed by atoms with Gasteiger partial charge < -0.3 is 0 Å². The van der Waals surface area contributed by atoms with Gasteiger partial charge in [-0.1, -0.05) is 48.0 Å². The molecule has 0 aliphatic carbocycles. The first-order valence-corrected chi connectivity index (χ1v) is 5.29. The van der Waals surface area contributed by atoms with Crippen LogP contribution < -0.4 is 0 Å². The number of carbonyl (C=O) groups excluding carboxylic acids is 1. The van der Waals surface area contributed by atoms with E-state index in [9.17, 15) is 4.79 Å². The number of hydrogen-bond donors (Lipinski definition) is 0. The molecule has 0 saturated heterocycles. The van der Waals surface area contributed by atoms with Gasteiger partial charge in [0.25, 0.3) is 0 Å². The van der Waals surface area contributed by atoms with E-state index < -0.39 is 0 Å². The topological polar surface area (TPSA) is 17.1 Å². The third-order valence-corrected chi connectivity index (χ3v) is 2.36. The number of Topliss-reactive ketones (excluding diaryl/α,β-unsaturated/α-hetero) is 1. The van der Waals surface area contributed by atoms with E-state index in [-0.39, 0.29) is 11.3 Å². The fraction of sp³-hybridized carbons (Fsp3) is 0.917. The van der Waals surface area contributed by atoms with Crippen LogP contribution in [0, 0.1) is 17.3 Å². The zero-order valence-electron chi connectivity index (χ0n) is 9.98. The normalized spacial score (nSPS) is 14.7. The molecule has 0 bridgehead atoms. The van der Waals surface area contributed by atoms with Crippen LogP contribution in [-0.2, 0) is 4.79 Å². The Morgan fingerprint density at radius 3 is 1.85 bits per heavy atom. The molecule has 1 heteroatoms. The van der Waals surface area contributed by atoms with Gasteiger partial charge in [0.1, 0.15) is 5.78 Å². The van der Waals surface area contributed by atoms with Crippen LogP contribution in [0.3, 0.4) is 0 Å². The minimum Gasteiger partial charge on any atom is -0.299 e. The molecule has 13 heavy (non-hydrogen) atoms. The first-order chi connectivity index (χ1) is 5.75. The van der Waals surface area contributed by atoms with Crippen molar-refractivity contribution < 1.29 is 4.79 Å². The molecule has 0 heterocycles. The summed E-state index contributed by atoms with van der Waals surface area (Å²) in [5, 5.41) is 0. The van der Waals surface area contributed by atoms with Crippen molar-refractivity contribution >= 4 is 5.78 Å². The van der Waals surface area contributed by atoms with Gasteiger partial charge in [-0.25, -0.2) is 0 Å². The maximum absolute atomic E-state index is 11.8. The number of hydrogen-bond acceptors (Lipinski definition) is 1. The molecule has 78 valence electrons. The maximum atomic E-state index is 11.8. The Hall–Kier alpha value is -0.330. The average Bonchev–Trinajstić information content (AvgIpc) is 1.96. The van der Waals surface area contributed by atoms with Gasteiger partial charge in [0.2, 0.25) is 0 Å². The fourth-order valence-electron chi connectivity index (χ4n) is 1.45. The van der Waals surface area contributed by atoms with E-state index in [0.717, 1.165) is 12.8 Å². The summed E-state index contributed by atoms with van der Waals surface area (Å²) in [4.78, 5) is 11.8. The predicted octanol–water partition coefficient (Wildman–Crippen LogP) is 3.67. The average molecular weight is 184 g/mol. The van der Waals surface area contributed by atoms with Gasteiger partial charge in [-0.2, -0.15) is 0 Å². The number of carbonyl (C=O) groups is 1. The molecule has 0 rings (SSSR count). The third-order valence-electron chi connectivity index (χ3n) is 2.36. The quantitative estimate of drug-likeness (QED) is 0.651. The van der Waals surface area contributed by atoms with Crippen LogP contribution in [0.5, 0.6) is 0 Å². The second-order valence-electron chi connectivity index (χ2n) is 5.49. The van der Waals surface area contributed by atoms with Gasteiger partial charge in [-0.3, -0.25) is 4.79 Å². The highest BCUT2D eigenvalue weighted by molar-refractivity contribution is 5.85. The summed E-state index contributed by atoms with van der Waals surface area (Å²) >= 11 is 0. The Morgan fingerprint density at radius 2 is 1.54 bits per heavy atom. The van der Waals surface area contributed by atoms with E-state index in [1.54, 1.807) is 0 Å². The molecular weight excluding hydrogens is 160 g/mol. The molecule has 0 aromatic heterocycles. The Morgan fingerprint density at radius 1 is 1.08 bits per heavy atom. The van der Waals surface area contributed by atoms with Crippen molar-refractivity contribution in [3.63, 3.8) is 0 Å². The van der Waals surface area contributed by atoms with Crippen LogP contribution in [-0.4, -0.2) is 5.78 Å². The lowest BCUT2D eigenvalue weighted by Gasteiger charge is -2.22. The molecule has 0 aliphatic rings. The summed E-state index contributed by atoms with van der Waals surface area (Å²) in [6.45, 7) is 12.5. The molecule has 0 saturated carbocycles. The number of ketones is 1. The molecule has 0 radical (unpaired) electrons. The van der Waals surface area contributed by atoms with E-state index in [2.05, 4.69) is 20.8 Å². The van der Waals surface area contributed by atoms with Gasteiger partial charge in [0, 0.05) is 11.3 Å². The van der Waals surface area contributed by atoms with Crippen molar-refractivity contribution in [2.45, 2.75) is 54.4 Å². The second kappa shape index (κ2) is 4.78. The minimum atomic E-state index is -0.170. The smallest absolute Gasteiger partial charge is 0.140 e. The summed E-state index contributed by atoms with van der Waals surface area (Å²) in [6.07, 6.45) is 2.19. The molecule has 0 fully saturated rings. The summed E-state index contributed by atoms with van der Waals surface area (Å²) in [5.41, 5.74) is -0.170. The van der Waals surface area contributed by atoms with Crippen molar-refractivity contribution in [1.29, 1.82) is 0 Å². The molecule has 0 aromatic carbocycles. The maximum Gasteiger partial charge on any atom is 0.140 e. The zero-order valence-corrected chi connectivity index (χ0v) is 9.98. The van der Waals surface area contributed by atoms with Crippen LogP contribution >= 0.6 is 0 Å². The first kappa shape index (κ1) is 12.7. The highest BCUT2D eigenvalue weighted by Crippen LogP contribution is 2.23. The van der Waals surface area contributed by atoms with Crippen molar-refractivity contribution in [3.05, 3.63) is 0 Å². The summed E-state index contributed by atoms with van der Waals surface area (Å²) in [6, 6.07) is 0. The second-order valence-corrected chi connectivity index (χ2v) is 5.49. The molecule has 0 spiro atoms. The Bertz CT molecular complexity index is 162. The molecule has 1 atom stereocenters. The Labute approximate surface area is 82.9 Å². The summed E-state index contributed by atoms with van der Waals surface area (Å²) in [5.74, 6) is 1.32. The lowest BCUT2D eigenvalue weighted by molar-refractivity contribution is -0.130. The van der Waals surface area contributed by atoms with Crippen LogP contribution in [0.1, 0.15) is 54.4 Å². The van der Waals surface area contributed by atoms with Crippen LogP contribution in [0.2, 0.25) is 0 Å². The van der Waals surface area contributed by atoms with E-state index in [4.69, 9.17) is 0 Å². The standard InChI is InChI=1S/C12H24O/c1-9(2)7-8-10(3)11(13)12(4,5)6/h9-10H,7-8H2,1-6H3/t10-/m0/s1. The third kappa shape index (κ3) is 5.07. The SMILES string of the molecule is CC(C)CC[C@H](C)C(=O)C(C)(C)C. The van der Waals surface area contributed by atoms with Gasteiger partial charge in [0.15, 0.2) is 0 Å². The highest BCUT2D eigenvalue weighted by Gasteiger charge is 2.26. The van der Waals surface area contributed by atoms with E-state index in [0.29, 0.717) is 11.7 Å². The first-order valence-electron chi connectivity index (χ1n) is 5.29. The van der Waals surface area contributed by atoms with Crippen molar-refractivity contribution in [2.75, 3.05) is 0 Å². The molecule has 0 amide bonds. The molecule has 0 aromatic rings. The van der Waals surface area contributed by atoms with Crippen LogP contribution in [0.15, 0.2) is 0 Å². The van der Waals surface area contributed by atoms with Gasteiger partial charge in [0.05, 0.1) is 0 Å². The van der Waals surface area contributed by atoms with Crippen LogP contribution in [0.4, 0.5) is 0 Å². The van der Waals surface area contributed by atoms with Gasteiger partial charge in [-0.15, -0.1) is 0 Å². The lowest BCUT2D eigenvalue weighted by atomic mass is 9.81. The minimum absolute atomic E-state index is 0.170. The van der Waals surface area contributed by atoms with Crippen LogP contribution in [0.25, 0.3) is 0 Å². The zero-order chi connectivity index (χ0) is 10.6. The van der Waals surface area contributed by atoms with Gasteiger partial charge >= 0.3 is 0 Å². The Balaban J connectivity index is 3.98. The van der Waals surface area contributed by atoms with E-state index >= 15 is 0 Å². The molecule has 0 aliphatic heterocycles. The van der Waals surface area contributed by atoms with Crippen molar-refractivity contribution in [1.82, 2.24) is 0 Å². The van der Waals surface area contributed by atoms with E-state index in [1.807, 2.05) is 20.8 Å². The molecule has 0 unspecified atom stereocenters. The lowest BCUT2D eigenvalue weighted by Crippen LogP contribution is -2.26. The fourth-order valence-corrected chi connectivity index (χ4v) is 1.45. The summed E-state index contributed by atoms with van der Waals surface area (Å²) < 4.78 is 0. The largest absolute Gasteiger partial charge is 0.299 e. The highest BCUT2D eigenvalue weighted by atomic mass is 16.1. The van der Waals surface area contributed by atoms with Crippen molar-refractivity contribution in [2.24, 2.45) is 17.3 Å². The molecular formula is C12H24O.